The predicted molar refractivity (Wildman–Crippen MR) is 130 cm³/mol. The molecule has 2 aromatic rings. The van der Waals surface area contributed by atoms with Crippen LogP contribution in [-0.4, -0.2) is 67.4 Å². The lowest BCUT2D eigenvalue weighted by Crippen LogP contribution is -2.42. The molecule has 0 spiro atoms. The number of hydrogen-bond acceptors (Lipinski definition) is 5. The molecule has 1 saturated carbocycles. The van der Waals surface area contributed by atoms with Gasteiger partial charge in [-0.2, -0.15) is 0 Å². The fraction of sp³-hybridized carbons (Fsp3) is 0.444. The van der Waals surface area contributed by atoms with Gasteiger partial charge in [0.15, 0.2) is 0 Å². The van der Waals surface area contributed by atoms with Crippen molar-refractivity contribution in [2.75, 3.05) is 33.4 Å². The van der Waals surface area contributed by atoms with E-state index >= 15 is 0 Å². The molecule has 0 aliphatic heterocycles. The predicted octanol–water partition coefficient (Wildman–Crippen LogP) is 3.64. The second-order valence-electron chi connectivity index (χ2n) is 9.17. The summed E-state index contributed by atoms with van der Waals surface area (Å²) < 4.78 is 10.7. The SMILES string of the molecule is COCCN(CC(=O)O)C(=O)CC1CCCC1NC(=O)OCC1c2ccccc2-c2ccccc21. The number of fused-ring (bicyclic) bond motifs is 3. The van der Waals surface area contributed by atoms with Gasteiger partial charge in [0.05, 0.1) is 6.61 Å². The molecule has 8 nitrogen and oxygen atoms in total. The third-order valence-electron chi connectivity index (χ3n) is 6.99. The summed E-state index contributed by atoms with van der Waals surface area (Å²) in [6, 6.07) is 16.2. The van der Waals surface area contributed by atoms with Gasteiger partial charge in [-0.05, 0) is 41.0 Å². The molecular weight excluding hydrogens is 448 g/mol. The zero-order valence-electron chi connectivity index (χ0n) is 19.9. The van der Waals surface area contributed by atoms with E-state index in [1.54, 1.807) is 0 Å². The van der Waals surface area contributed by atoms with Crippen LogP contribution in [0.4, 0.5) is 4.79 Å². The van der Waals surface area contributed by atoms with Crippen LogP contribution in [-0.2, 0) is 19.1 Å². The average molecular weight is 481 g/mol. The third-order valence-corrected chi connectivity index (χ3v) is 6.99. The summed E-state index contributed by atoms with van der Waals surface area (Å²) >= 11 is 0. The molecule has 0 saturated heterocycles. The first-order valence-corrected chi connectivity index (χ1v) is 12.1. The molecule has 2 N–H and O–H groups in total. The molecule has 0 bridgehead atoms. The first-order valence-electron chi connectivity index (χ1n) is 12.1. The van der Waals surface area contributed by atoms with Crippen LogP contribution in [0.25, 0.3) is 11.1 Å². The molecule has 4 rings (SSSR count). The van der Waals surface area contributed by atoms with Gasteiger partial charge < -0.3 is 24.8 Å². The van der Waals surface area contributed by atoms with Crippen molar-refractivity contribution in [1.82, 2.24) is 10.2 Å². The molecule has 2 amide bonds. The smallest absolute Gasteiger partial charge is 0.407 e. The van der Waals surface area contributed by atoms with E-state index in [2.05, 4.69) is 29.6 Å². The summed E-state index contributed by atoms with van der Waals surface area (Å²) in [5, 5.41) is 12.1. The maximum absolute atomic E-state index is 12.8. The van der Waals surface area contributed by atoms with E-state index in [0.717, 1.165) is 30.4 Å². The molecular formula is C27H32N2O6. The van der Waals surface area contributed by atoms with Crippen LogP contribution in [0.5, 0.6) is 0 Å². The molecule has 0 heterocycles. The number of amides is 2. The molecule has 2 aromatic carbocycles. The van der Waals surface area contributed by atoms with Gasteiger partial charge in [0.2, 0.25) is 5.91 Å². The lowest BCUT2D eigenvalue weighted by molar-refractivity contribution is -0.145. The Hall–Kier alpha value is -3.39. The second kappa shape index (κ2) is 11.4. The van der Waals surface area contributed by atoms with Crippen molar-refractivity contribution in [2.45, 2.75) is 37.6 Å². The van der Waals surface area contributed by atoms with E-state index in [-0.39, 0.29) is 56.5 Å². The fourth-order valence-corrected chi connectivity index (χ4v) is 5.27. The lowest BCUT2D eigenvalue weighted by atomic mass is 9.98. The lowest BCUT2D eigenvalue weighted by Gasteiger charge is -2.25. The number of ether oxygens (including phenoxy) is 2. The second-order valence-corrected chi connectivity index (χ2v) is 9.17. The molecule has 0 aromatic heterocycles. The van der Waals surface area contributed by atoms with Crippen molar-refractivity contribution in [3.8, 4) is 11.1 Å². The maximum atomic E-state index is 12.8. The molecule has 8 heteroatoms. The summed E-state index contributed by atoms with van der Waals surface area (Å²) in [7, 11) is 1.51. The Balaban J connectivity index is 1.33. The largest absolute Gasteiger partial charge is 0.480 e. The van der Waals surface area contributed by atoms with Gasteiger partial charge in [-0.15, -0.1) is 0 Å². The number of carbonyl (C=O) groups is 3. The topological polar surface area (TPSA) is 105 Å². The van der Waals surface area contributed by atoms with Crippen LogP contribution in [0.1, 0.15) is 42.7 Å². The van der Waals surface area contributed by atoms with Crippen molar-refractivity contribution in [3.63, 3.8) is 0 Å². The summed E-state index contributed by atoms with van der Waals surface area (Å²) in [6.07, 6.45) is 2.15. The van der Waals surface area contributed by atoms with E-state index in [4.69, 9.17) is 14.6 Å². The molecule has 0 radical (unpaired) electrons. The molecule has 186 valence electrons. The van der Waals surface area contributed by atoms with E-state index in [1.807, 2.05) is 24.3 Å². The number of nitrogens with one attached hydrogen (secondary N) is 1. The molecule has 2 aliphatic rings. The summed E-state index contributed by atoms with van der Waals surface area (Å²) in [6.45, 7) is 0.364. The van der Waals surface area contributed by atoms with Crippen molar-refractivity contribution >= 4 is 18.0 Å². The maximum Gasteiger partial charge on any atom is 0.407 e. The van der Waals surface area contributed by atoms with Crippen LogP contribution >= 0.6 is 0 Å². The zero-order valence-corrected chi connectivity index (χ0v) is 19.9. The first kappa shape index (κ1) is 24.7. The summed E-state index contributed by atoms with van der Waals surface area (Å²) in [5.74, 6) is -1.37. The number of carboxylic acid groups (broad SMARTS) is 1. The number of carboxylic acids is 1. The highest BCUT2D eigenvalue weighted by atomic mass is 16.5. The Labute approximate surface area is 205 Å². The Morgan fingerprint density at radius 3 is 2.31 bits per heavy atom. The van der Waals surface area contributed by atoms with Gasteiger partial charge in [-0.1, -0.05) is 55.0 Å². The monoisotopic (exact) mass is 480 g/mol. The van der Waals surface area contributed by atoms with Crippen molar-refractivity contribution in [3.05, 3.63) is 59.7 Å². The molecule has 35 heavy (non-hydrogen) atoms. The third kappa shape index (κ3) is 5.82. The van der Waals surface area contributed by atoms with E-state index in [0.29, 0.717) is 0 Å². The van der Waals surface area contributed by atoms with Crippen LogP contribution in [0.2, 0.25) is 0 Å². The Kier molecular flexibility index (Phi) is 8.02. The number of hydrogen-bond donors (Lipinski definition) is 2. The number of benzene rings is 2. The van der Waals surface area contributed by atoms with Crippen molar-refractivity contribution < 1.29 is 29.0 Å². The van der Waals surface area contributed by atoms with E-state index in [1.165, 1.54) is 23.1 Å². The summed E-state index contributed by atoms with van der Waals surface area (Å²) in [4.78, 5) is 37.9. The Morgan fingerprint density at radius 1 is 1.03 bits per heavy atom. The fourth-order valence-electron chi connectivity index (χ4n) is 5.27. The number of carbonyl (C=O) groups excluding carboxylic acids is 2. The molecule has 2 unspecified atom stereocenters. The molecule has 1 fully saturated rings. The van der Waals surface area contributed by atoms with Crippen LogP contribution in [0.3, 0.4) is 0 Å². The zero-order chi connectivity index (χ0) is 24.8. The van der Waals surface area contributed by atoms with Gasteiger partial charge in [0.1, 0.15) is 13.2 Å². The normalized spacial score (nSPS) is 18.5. The number of rotatable bonds is 10. The van der Waals surface area contributed by atoms with Gasteiger partial charge in [0, 0.05) is 32.0 Å². The number of methoxy groups -OCH3 is 1. The minimum atomic E-state index is -1.06. The Morgan fingerprint density at radius 2 is 1.69 bits per heavy atom. The molecule has 2 atom stereocenters. The highest BCUT2D eigenvalue weighted by Gasteiger charge is 2.33. The summed E-state index contributed by atoms with van der Waals surface area (Å²) in [5.41, 5.74) is 4.65. The van der Waals surface area contributed by atoms with Crippen molar-refractivity contribution in [1.29, 1.82) is 0 Å². The quantitative estimate of drug-likeness (QED) is 0.538. The number of aliphatic carboxylic acids is 1. The highest BCUT2D eigenvalue weighted by Crippen LogP contribution is 2.44. The first-order chi connectivity index (χ1) is 17.0. The minimum Gasteiger partial charge on any atom is -0.480 e. The number of nitrogens with zero attached hydrogens (tertiary/aromatic N) is 1. The van der Waals surface area contributed by atoms with Crippen LogP contribution < -0.4 is 5.32 Å². The number of alkyl carbamates (subject to hydrolysis) is 1. The standard InChI is InChI=1S/C27H32N2O6/c1-34-14-13-29(16-26(31)32)25(30)15-18-7-6-12-24(18)28-27(33)35-17-23-21-10-4-2-8-19(21)20-9-3-5-11-22(20)23/h2-5,8-11,18,23-24H,6-7,12-17H2,1H3,(H,28,33)(H,31,32). The Bertz CT molecular complexity index is 1030. The molecule has 2 aliphatic carbocycles. The van der Waals surface area contributed by atoms with Gasteiger partial charge in [-0.25, -0.2) is 4.79 Å². The van der Waals surface area contributed by atoms with Gasteiger partial charge in [-0.3, -0.25) is 9.59 Å². The van der Waals surface area contributed by atoms with Gasteiger partial charge >= 0.3 is 12.1 Å². The van der Waals surface area contributed by atoms with Crippen LogP contribution in [0, 0.1) is 5.92 Å². The van der Waals surface area contributed by atoms with Gasteiger partial charge in [0.25, 0.3) is 0 Å². The highest BCUT2D eigenvalue weighted by molar-refractivity contribution is 5.82. The van der Waals surface area contributed by atoms with Crippen molar-refractivity contribution in [2.24, 2.45) is 5.92 Å². The minimum absolute atomic E-state index is 0.0144. The van der Waals surface area contributed by atoms with Crippen LogP contribution in [0.15, 0.2) is 48.5 Å². The van der Waals surface area contributed by atoms with E-state index < -0.39 is 12.1 Å². The average Bonchev–Trinajstić information content (AvgIpc) is 3.41. The van der Waals surface area contributed by atoms with E-state index in [9.17, 15) is 14.4 Å².